The minimum atomic E-state index is 0.0954. The van der Waals surface area contributed by atoms with E-state index in [1.54, 1.807) is 0 Å². The zero-order valence-corrected chi connectivity index (χ0v) is 9.25. The van der Waals surface area contributed by atoms with Crippen molar-refractivity contribution in [2.24, 2.45) is 0 Å². The van der Waals surface area contributed by atoms with Crippen molar-refractivity contribution in [2.75, 3.05) is 0 Å². The number of carbonyl (C=O) groups excluding carboxylic acids is 1. The minimum absolute atomic E-state index is 0.0954. The lowest BCUT2D eigenvalue weighted by Gasteiger charge is -2.15. The van der Waals surface area contributed by atoms with E-state index in [0.29, 0.717) is 18.6 Å². The van der Waals surface area contributed by atoms with Crippen LogP contribution in [-0.4, -0.2) is 11.9 Å². The number of ether oxygens (including phenoxy) is 1. The molecule has 0 N–H and O–H groups in total. The van der Waals surface area contributed by atoms with Crippen LogP contribution in [0.15, 0.2) is 18.2 Å². The van der Waals surface area contributed by atoms with Gasteiger partial charge in [-0.25, -0.2) is 0 Å². The van der Waals surface area contributed by atoms with Gasteiger partial charge in [0, 0.05) is 12.8 Å². The van der Waals surface area contributed by atoms with Gasteiger partial charge in [0.15, 0.2) is 0 Å². The molecule has 0 saturated heterocycles. The Labute approximate surface area is 90.3 Å². The Morgan fingerprint density at radius 1 is 1.33 bits per heavy atom. The molecule has 80 valence electrons. The molecule has 1 aliphatic carbocycles. The van der Waals surface area contributed by atoms with E-state index in [1.165, 1.54) is 11.1 Å². The monoisotopic (exact) mass is 204 g/mol. The Morgan fingerprint density at radius 3 is 2.80 bits per heavy atom. The third-order valence-corrected chi connectivity index (χ3v) is 3.05. The van der Waals surface area contributed by atoms with Gasteiger partial charge in [0.2, 0.25) is 0 Å². The van der Waals surface area contributed by atoms with Crippen molar-refractivity contribution in [3.8, 4) is 5.75 Å². The molecule has 1 aromatic carbocycles. The first-order chi connectivity index (χ1) is 7.16. The summed E-state index contributed by atoms with van der Waals surface area (Å²) in [5, 5.41) is 0. The standard InChI is InChI=1S/C13H16O2/c1-9-4-3-5-13(10(9)2)15-12-7-6-11(14)8-12/h3-5,12H,6-8H2,1-2H3. The molecule has 1 saturated carbocycles. The Balaban J connectivity index is 2.11. The van der Waals surface area contributed by atoms with E-state index >= 15 is 0 Å². The van der Waals surface area contributed by atoms with Gasteiger partial charge in [-0.3, -0.25) is 4.79 Å². The van der Waals surface area contributed by atoms with Gasteiger partial charge in [-0.05, 0) is 37.5 Å². The maximum atomic E-state index is 11.1. The quantitative estimate of drug-likeness (QED) is 0.740. The lowest BCUT2D eigenvalue weighted by atomic mass is 10.1. The van der Waals surface area contributed by atoms with Crippen molar-refractivity contribution < 1.29 is 9.53 Å². The van der Waals surface area contributed by atoms with E-state index in [-0.39, 0.29) is 6.10 Å². The van der Waals surface area contributed by atoms with Crippen LogP contribution in [0, 0.1) is 13.8 Å². The highest BCUT2D eigenvalue weighted by Gasteiger charge is 2.23. The van der Waals surface area contributed by atoms with Crippen molar-refractivity contribution >= 4 is 5.78 Å². The Bertz CT molecular complexity index is 382. The Morgan fingerprint density at radius 2 is 2.13 bits per heavy atom. The first-order valence-electron chi connectivity index (χ1n) is 5.41. The van der Waals surface area contributed by atoms with E-state index in [2.05, 4.69) is 19.9 Å². The Kier molecular flexibility index (Phi) is 2.76. The number of ketones is 1. The van der Waals surface area contributed by atoms with Crippen LogP contribution in [0.5, 0.6) is 5.75 Å². The summed E-state index contributed by atoms with van der Waals surface area (Å²) >= 11 is 0. The number of aryl methyl sites for hydroxylation is 1. The van der Waals surface area contributed by atoms with E-state index < -0.39 is 0 Å². The van der Waals surface area contributed by atoms with Crippen molar-refractivity contribution in [2.45, 2.75) is 39.2 Å². The van der Waals surface area contributed by atoms with Gasteiger partial charge in [-0.2, -0.15) is 0 Å². The van der Waals surface area contributed by atoms with E-state index in [0.717, 1.165) is 12.2 Å². The summed E-state index contributed by atoms with van der Waals surface area (Å²) in [6.07, 6.45) is 2.22. The molecule has 15 heavy (non-hydrogen) atoms. The molecule has 0 aliphatic heterocycles. The fourth-order valence-corrected chi connectivity index (χ4v) is 1.91. The molecule has 1 atom stereocenters. The van der Waals surface area contributed by atoms with Crippen LogP contribution in [0.3, 0.4) is 0 Å². The first-order valence-corrected chi connectivity index (χ1v) is 5.41. The molecule has 0 heterocycles. The van der Waals surface area contributed by atoms with Crippen LogP contribution in [0.4, 0.5) is 0 Å². The van der Waals surface area contributed by atoms with Gasteiger partial charge in [-0.1, -0.05) is 12.1 Å². The second kappa shape index (κ2) is 4.05. The van der Waals surface area contributed by atoms with Crippen molar-refractivity contribution in [1.82, 2.24) is 0 Å². The number of carbonyl (C=O) groups is 1. The average molecular weight is 204 g/mol. The molecule has 0 aromatic heterocycles. The van der Waals surface area contributed by atoms with E-state index in [4.69, 9.17) is 4.74 Å². The van der Waals surface area contributed by atoms with Crippen molar-refractivity contribution in [3.63, 3.8) is 0 Å². The fraction of sp³-hybridized carbons (Fsp3) is 0.462. The van der Waals surface area contributed by atoms with Crippen LogP contribution < -0.4 is 4.74 Å². The highest BCUT2D eigenvalue weighted by Crippen LogP contribution is 2.26. The normalized spacial score (nSPS) is 20.7. The average Bonchev–Trinajstić information content (AvgIpc) is 2.59. The molecular formula is C13H16O2. The largest absolute Gasteiger partial charge is 0.490 e. The lowest BCUT2D eigenvalue weighted by molar-refractivity contribution is -0.117. The summed E-state index contributed by atoms with van der Waals surface area (Å²) in [6.45, 7) is 4.13. The van der Waals surface area contributed by atoms with Crippen LogP contribution in [0.1, 0.15) is 30.4 Å². The Hall–Kier alpha value is -1.31. The third kappa shape index (κ3) is 2.20. The molecule has 2 rings (SSSR count). The molecule has 1 unspecified atom stereocenters. The molecule has 1 aliphatic rings. The second-order valence-corrected chi connectivity index (χ2v) is 4.22. The summed E-state index contributed by atoms with van der Waals surface area (Å²) in [4.78, 5) is 11.1. The molecule has 2 nitrogen and oxygen atoms in total. The topological polar surface area (TPSA) is 26.3 Å². The molecule has 1 fully saturated rings. The maximum absolute atomic E-state index is 11.1. The maximum Gasteiger partial charge on any atom is 0.136 e. The summed E-state index contributed by atoms with van der Waals surface area (Å²) in [5.74, 6) is 1.25. The van der Waals surface area contributed by atoms with Gasteiger partial charge in [-0.15, -0.1) is 0 Å². The van der Waals surface area contributed by atoms with Gasteiger partial charge in [0.1, 0.15) is 17.6 Å². The molecule has 0 bridgehead atoms. The van der Waals surface area contributed by atoms with Crippen molar-refractivity contribution in [3.05, 3.63) is 29.3 Å². The summed E-state index contributed by atoms with van der Waals surface area (Å²) in [6, 6.07) is 6.04. The summed E-state index contributed by atoms with van der Waals surface area (Å²) in [7, 11) is 0. The van der Waals surface area contributed by atoms with Crippen LogP contribution in [0.25, 0.3) is 0 Å². The van der Waals surface area contributed by atoms with Gasteiger partial charge in [0.05, 0.1) is 0 Å². The zero-order chi connectivity index (χ0) is 10.8. The smallest absolute Gasteiger partial charge is 0.136 e. The fourth-order valence-electron chi connectivity index (χ4n) is 1.91. The molecular weight excluding hydrogens is 188 g/mol. The number of rotatable bonds is 2. The molecule has 0 radical (unpaired) electrons. The second-order valence-electron chi connectivity index (χ2n) is 4.22. The first kappa shape index (κ1) is 10.2. The number of Topliss-reactive ketones (excluding diaryl/α,β-unsaturated/α-hetero) is 1. The molecule has 0 amide bonds. The molecule has 2 heteroatoms. The van der Waals surface area contributed by atoms with Gasteiger partial charge >= 0.3 is 0 Å². The SMILES string of the molecule is Cc1cccc(OC2CCC(=O)C2)c1C. The number of hydrogen-bond donors (Lipinski definition) is 0. The van der Waals surface area contributed by atoms with Crippen LogP contribution >= 0.6 is 0 Å². The number of benzene rings is 1. The van der Waals surface area contributed by atoms with Gasteiger partial charge < -0.3 is 4.74 Å². The summed E-state index contributed by atoms with van der Waals surface area (Å²) in [5.41, 5.74) is 2.41. The number of hydrogen-bond acceptors (Lipinski definition) is 2. The summed E-state index contributed by atoms with van der Waals surface area (Å²) < 4.78 is 5.84. The zero-order valence-electron chi connectivity index (χ0n) is 9.25. The van der Waals surface area contributed by atoms with E-state index in [1.807, 2.05) is 12.1 Å². The third-order valence-electron chi connectivity index (χ3n) is 3.05. The van der Waals surface area contributed by atoms with Crippen LogP contribution in [0.2, 0.25) is 0 Å². The van der Waals surface area contributed by atoms with Crippen LogP contribution in [-0.2, 0) is 4.79 Å². The highest BCUT2D eigenvalue weighted by atomic mass is 16.5. The lowest BCUT2D eigenvalue weighted by Crippen LogP contribution is -2.13. The van der Waals surface area contributed by atoms with E-state index in [9.17, 15) is 4.79 Å². The highest BCUT2D eigenvalue weighted by molar-refractivity contribution is 5.81. The van der Waals surface area contributed by atoms with Crippen molar-refractivity contribution in [1.29, 1.82) is 0 Å². The molecule has 0 spiro atoms. The predicted molar refractivity (Wildman–Crippen MR) is 59.2 cm³/mol. The predicted octanol–water partition coefficient (Wildman–Crippen LogP) is 2.80. The van der Waals surface area contributed by atoms with Gasteiger partial charge in [0.25, 0.3) is 0 Å². The minimum Gasteiger partial charge on any atom is -0.490 e. The molecule has 1 aromatic rings.